The van der Waals surface area contributed by atoms with E-state index in [0.717, 1.165) is 17.5 Å². The summed E-state index contributed by atoms with van der Waals surface area (Å²) in [5.41, 5.74) is 1.42. The van der Waals surface area contributed by atoms with Gasteiger partial charge in [-0.3, -0.25) is 0 Å². The number of nitrogens with zero attached hydrogens (tertiary/aromatic N) is 2. The molecule has 0 aliphatic heterocycles. The van der Waals surface area contributed by atoms with Gasteiger partial charge < -0.3 is 9.88 Å². The third-order valence-corrected chi connectivity index (χ3v) is 4.44. The first-order valence-electron chi connectivity index (χ1n) is 6.50. The summed E-state index contributed by atoms with van der Waals surface area (Å²) in [7, 11) is 2.06. The molecule has 1 aliphatic rings. The molecule has 0 amide bonds. The molecule has 0 radical (unpaired) electrons. The van der Waals surface area contributed by atoms with Crippen LogP contribution in [0.2, 0.25) is 0 Å². The lowest BCUT2D eigenvalue weighted by atomic mass is 10.1. The van der Waals surface area contributed by atoms with Crippen molar-refractivity contribution in [3.8, 4) is 0 Å². The van der Waals surface area contributed by atoms with Crippen molar-refractivity contribution in [2.45, 2.75) is 32.4 Å². The fourth-order valence-corrected chi connectivity index (χ4v) is 3.31. The van der Waals surface area contributed by atoms with Gasteiger partial charge in [0.2, 0.25) is 0 Å². The van der Waals surface area contributed by atoms with E-state index >= 15 is 0 Å². The maximum Gasteiger partial charge on any atom is 0.0897 e. The standard InChI is InChI=1S/C14H19N3S/c1-10-16-7-13(18-10)9-17-6-5-12(8-17)14(15-2)11-3-4-11/h5-8,11,14-15H,3-4,9H2,1-2H3. The van der Waals surface area contributed by atoms with Gasteiger partial charge in [0.1, 0.15) is 0 Å². The monoisotopic (exact) mass is 261 g/mol. The van der Waals surface area contributed by atoms with E-state index in [1.165, 1.54) is 23.3 Å². The van der Waals surface area contributed by atoms with Crippen LogP contribution in [0.3, 0.4) is 0 Å². The summed E-state index contributed by atoms with van der Waals surface area (Å²) in [4.78, 5) is 5.62. The number of nitrogens with one attached hydrogen (secondary N) is 1. The smallest absolute Gasteiger partial charge is 0.0897 e. The van der Waals surface area contributed by atoms with Crippen molar-refractivity contribution in [1.82, 2.24) is 14.9 Å². The fourth-order valence-electron chi connectivity index (χ4n) is 2.50. The molecule has 0 spiro atoms. The minimum Gasteiger partial charge on any atom is -0.349 e. The molecule has 1 aliphatic carbocycles. The van der Waals surface area contributed by atoms with Crippen molar-refractivity contribution in [3.63, 3.8) is 0 Å². The van der Waals surface area contributed by atoms with Crippen molar-refractivity contribution in [1.29, 1.82) is 0 Å². The second-order valence-electron chi connectivity index (χ2n) is 5.07. The van der Waals surface area contributed by atoms with Crippen LogP contribution in [0.5, 0.6) is 0 Å². The Morgan fingerprint density at radius 3 is 3.00 bits per heavy atom. The Bertz CT molecular complexity index is 525. The van der Waals surface area contributed by atoms with Crippen LogP contribution in [0.4, 0.5) is 0 Å². The van der Waals surface area contributed by atoms with E-state index in [4.69, 9.17) is 0 Å². The molecule has 3 rings (SSSR count). The molecule has 0 saturated heterocycles. The van der Waals surface area contributed by atoms with Gasteiger partial charge >= 0.3 is 0 Å². The Hall–Kier alpha value is -1.13. The van der Waals surface area contributed by atoms with E-state index < -0.39 is 0 Å². The second-order valence-corrected chi connectivity index (χ2v) is 6.39. The van der Waals surface area contributed by atoms with Crippen LogP contribution in [0.1, 0.15) is 34.3 Å². The van der Waals surface area contributed by atoms with Crippen LogP contribution >= 0.6 is 11.3 Å². The molecule has 2 aromatic rings. The van der Waals surface area contributed by atoms with E-state index in [0.29, 0.717) is 6.04 Å². The van der Waals surface area contributed by atoms with Crippen molar-refractivity contribution in [3.05, 3.63) is 40.1 Å². The molecule has 18 heavy (non-hydrogen) atoms. The van der Waals surface area contributed by atoms with Crippen LogP contribution in [-0.4, -0.2) is 16.6 Å². The minimum atomic E-state index is 0.537. The predicted molar refractivity (Wildman–Crippen MR) is 74.9 cm³/mol. The van der Waals surface area contributed by atoms with Crippen LogP contribution in [0.15, 0.2) is 24.7 Å². The first-order chi connectivity index (χ1) is 8.76. The number of thiazole rings is 1. The molecule has 4 heteroatoms. The van der Waals surface area contributed by atoms with E-state index in [9.17, 15) is 0 Å². The number of hydrogen-bond acceptors (Lipinski definition) is 3. The lowest BCUT2D eigenvalue weighted by Gasteiger charge is -2.13. The topological polar surface area (TPSA) is 29.9 Å². The van der Waals surface area contributed by atoms with Gasteiger partial charge in [0.05, 0.1) is 11.6 Å². The molecule has 0 bridgehead atoms. The van der Waals surface area contributed by atoms with Gasteiger partial charge in [-0.25, -0.2) is 4.98 Å². The first-order valence-corrected chi connectivity index (χ1v) is 7.32. The zero-order valence-electron chi connectivity index (χ0n) is 10.9. The van der Waals surface area contributed by atoms with Crippen molar-refractivity contribution in [2.75, 3.05) is 7.05 Å². The van der Waals surface area contributed by atoms with E-state index in [1.54, 1.807) is 11.3 Å². The maximum atomic E-state index is 4.30. The molecular weight excluding hydrogens is 242 g/mol. The Morgan fingerprint density at radius 1 is 1.56 bits per heavy atom. The van der Waals surface area contributed by atoms with Gasteiger partial charge in [-0.15, -0.1) is 11.3 Å². The summed E-state index contributed by atoms with van der Waals surface area (Å²) in [6.07, 6.45) is 9.16. The Labute approximate surface area is 112 Å². The highest BCUT2D eigenvalue weighted by atomic mass is 32.1. The van der Waals surface area contributed by atoms with Crippen LogP contribution in [0, 0.1) is 12.8 Å². The summed E-state index contributed by atoms with van der Waals surface area (Å²) in [5, 5.41) is 4.58. The summed E-state index contributed by atoms with van der Waals surface area (Å²) < 4.78 is 2.26. The van der Waals surface area contributed by atoms with E-state index in [2.05, 4.69) is 47.3 Å². The minimum absolute atomic E-state index is 0.537. The predicted octanol–water partition coefficient (Wildman–Crippen LogP) is 2.97. The van der Waals surface area contributed by atoms with Gasteiger partial charge in [-0.1, -0.05) is 0 Å². The molecule has 1 N–H and O–H groups in total. The summed E-state index contributed by atoms with van der Waals surface area (Å²) in [6, 6.07) is 2.78. The largest absolute Gasteiger partial charge is 0.349 e. The Kier molecular flexibility index (Phi) is 3.22. The zero-order chi connectivity index (χ0) is 12.5. The highest BCUT2D eigenvalue weighted by Gasteiger charge is 2.31. The molecule has 2 heterocycles. The van der Waals surface area contributed by atoms with Gasteiger partial charge in [-0.05, 0) is 44.4 Å². The molecule has 2 aromatic heterocycles. The van der Waals surface area contributed by atoms with Gasteiger partial charge in [0.15, 0.2) is 0 Å². The Morgan fingerprint density at radius 2 is 2.39 bits per heavy atom. The number of aryl methyl sites for hydroxylation is 1. The SMILES string of the molecule is CNC(c1ccn(Cc2cnc(C)s2)c1)C1CC1. The molecule has 1 saturated carbocycles. The lowest BCUT2D eigenvalue weighted by Crippen LogP contribution is -2.17. The summed E-state index contributed by atoms with van der Waals surface area (Å²) in [5.74, 6) is 0.844. The van der Waals surface area contributed by atoms with Gasteiger partial charge in [0, 0.05) is 29.5 Å². The average Bonchev–Trinajstić information content (AvgIpc) is 2.94. The summed E-state index contributed by atoms with van der Waals surface area (Å²) in [6.45, 7) is 2.99. The zero-order valence-corrected chi connectivity index (χ0v) is 11.7. The Balaban J connectivity index is 1.72. The van der Waals surface area contributed by atoms with Crippen LogP contribution < -0.4 is 5.32 Å². The third-order valence-electron chi connectivity index (χ3n) is 3.54. The lowest BCUT2D eigenvalue weighted by molar-refractivity contribution is 0.528. The normalized spacial score (nSPS) is 17.0. The number of hydrogen-bond donors (Lipinski definition) is 1. The average molecular weight is 261 g/mol. The number of rotatable bonds is 5. The van der Waals surface area contributed by atoms with Crippen LogP contribution in [-0.2, 0) is 6.54 Å². The van der Waals surface area contributed by atoms with Crippen molar-refractivity contribution >= 4 is 11.3 Å². The number of aromatic nitrogens is 2. The van der Waals surface area contributed by atoms with Gasteiger partial charge in [0.25, 0.3) is 0 Å². The summed E-state index contributed by atoms with van der Waals surface area (Å²) >= 11 is 1.78. The van der Waals surface area contributed by atoms with Crippen LogP contribution in [0.25, 0.3) is 0 Å². The maximum absolute atomic E-state index is 4.30. The second kappa shape index (κ2) is 4.86. The van der Waals surface area contributed by atoms with Crippen molar-refractivity contribution < 1.29 is 0 Å². The molecule has 3 nitrogen and oxygen atoms in total. The molecule has 1 unspecified atom stereocenters. The molecule has 1 fully saturated rings. The van der Waals surface area contributed by atoms with Crippen molar-refractivity contribution in [2.24, 2.45) is 5.92 Å². The molecular formula is C14H19N3S. The quantitative estimate of drug-likeness (QED) is 0.896. The highest BCUT2D eigenvalue weighted by Crippen LogP contribution is 2.40. The highest BCUT2D eigenvalue weighted by molar-refractivity contribution is 7.11. The van der Waals surface area contributed by atoms with E-state index in [-0.39, 0.29) is 0 Å². The van der Waals surface area contributed by atoms with E-state index in [1.807, 2.05) is 6.20 Å². The third kappa shape index (κ3) is 2.49. The molecule has 1 atom stereocenters. The fraction of sp³-hybridized carbons (Fsp3) is 0.500. The molecule has 0 aromatic carbocycles. The first kappa shape index (κ1) is 11.9. The molecule has 96 valence electrons. The van der Waals surface area contributed by atoms with Gasteiger partial charge in [-0.2, -0.15) is 0 Å².